The van der Waals surface area contributed by atoms with Crippen molar-refractivity contribution in [3.05, 3.63) is 88.8 Å². The number of amides is 1. The molecule has 0 atom stereocenters. The van der Waals surface area contributed by atoms with Crippen molar-refractivity contribution in [1.29, 1.82) is 0 Å². The lowest BCUT2D eigenvalue weighted by Crippen LogP contribution is -2.21. The number of nitrogens with zero attached hydrogens (tertiary/aromatic N) is 3. The van der Waals surface area contributed by atoms with E-state index in [1.165, 1.54) is 12.1 Å². The predicted octanol–water partition coefficient (Wildman–Crippen LogP) is 4.69. The van der Waals surface area contributed by atoms with Crippen molar-refractivity contribution in [3.63, 3.8) is 0 Å². The highest BCUT2D eigenvalue weighted by Crippen LogP contribution is 2.28. The SMILES string of the molecule is COC(=O)c1cccc(-n2c(C)cc(/C=C3/C(=O)N(c4ccccc4)N=C3C)c2C)c1. The van der Waals surface area contributed by atoms with E-state index < -0.39 is 0 Å². The Balaban J connectivity index is 1.72. The quantitative estimate of drug-likeness (QED) is 0.461. The van der Waals surface area contributed by atoms with Gasteiger partial charge in [-0.3, -0.25) is 4.79 Å². The lowest BCUT2D eigenvalue weighted by molar-refractivity contribution is -0.114. The largest absolute Gasteiger partial charge is 0.465 e. The maximum atomic E-state index is 13.0. The third kappa shape index (κ3) is 3.68. The maximum Gasteiger partial charge on any atom is 0.337 e. The summed E-state index contributed by atoms with van der Waals surface area (Å²) in [6.45, 7) is 5.82. The van der Waals surface area contributed by atoms with Gasteiger partial charge in [0.25, 0.3) is 5.91 Å². The second kappa shape index (κ2) is 8.07. The molecule has 0 unspecified atom stereocenters. The molecule has 1 amide bonds. The topological polar surface area (TPSA) is 63.9 Å². The number of hydrazone groups is 1. The fourth-order valence-electron chi connectivity index (χ4n) is 3.80. The van der Waals surface area contributed by atoms with Gasteiger partial charge in [-0.05, 0) is 68.8 Å². The molecule has 0 spiro atoms. The summed E-state index contributed by atoms with van der Waals surface area (Å²) in [6.07, 6.45) is 1.88. The molecule has 3 aromatic rings. The monoisotopic (exact) mass is 413 g/mol. The van der Waals surface area contributed by atoms with Gasteiger partial charge in [-0.2, -0.15) is 10.1 Å². The Morgan fingerprint density at radius 3 is 2.39 bits per heavy atom. The van der Waals surface area contributed by atoms with Gasteiger partial charge in [0.1, 0.15) is 0 Å². The smallest absolute Gasteiger partial charge is 0.337 e. The molecule has 0 radical (unpaired) electrons. The van der Waals surface area contributed by atoms with E-state index in [1.807, 2.05) is 75.4 Å². The van der Waals surface area contributed by atoms with E-state index in [0.717, 1.165) is 28.3 Å². The van der Waals surface area contributed by atoms with Crippen molar-refractivity contribution >= 4 is 29.4 Å². The summed E-state index contributed by atoms with van der Waals surface area (Å²) in [5, 5.41) is 5.88. The van der Waals surface area contributed by atoms with Crippen LogP contribution in [0.5, 0.6) is 0 Å². The van der Waals surface area contributed by atoms with Crippen LogP contribution in [0.3, 0.4) is 0 Å². The van der Waals surface area contributed by atoms with Gasteiger partial charge < -0.3 is 9.30 Å². The Bertz CT molecular complexity index is 1240. The Hall–Kier alpha value is -3.93. The van der Waals surface area contributed by atoms with E-state index in [1.54, 1.807) is 12.1 Å². The minimum atomic E-state index is -0.379. The lowest BCUT2D eigenvalue weighted by atomic mass is 10.1. The van der Waals surface area contributed by atoms with Gasteiger partial charge in [-0.25, -0.2) is 4.79 Å². The van der Waals surface area contributed by atoms with Crippen LogP contribution in [0.4, 0.5) is 5.69 Å². The molecule has 1 aliphatic heterocycles. The normalized spacial score (nSPS) is 14.8. The summed E-state index contributed by atoms with van der Waals surface area (Å²) in [6, 6.07) is 18.7. The van der Waals surface area contributed by atoms with Crippen LogP contribution >= 0.6 is 0 Å². The van der Waals surface area contributed by atoms with Crippen LogP contribution in [-0.4, -0.2) is 29.3 Å². The van der Waals surface area contributed by atoms with E-state index in [9.17, 15) is 9.59 Å². The van der Waals surface area contributed by atoms with Crippen molar-refractivity contribution in [3.8, 4) is 5.69 Å². The molecule has 0 saturated carbocycles. The van der Waals surface area contributed by atoms with Crippen molar-refractivity contribution < 1.29 is 14.3 Å². The molecule has 0 aliphatic carbocycles. The van der Waals surface area contributed by atoms with Gasteiger partial charge in [-0.1, -0.05) is 24.3 Å². The second-order valence-electron chi connectivity index (χ2n) is 7.40. The first-order valence-corrected chi connectivity index (χ1v) is 9.95. The summed E-state index contributed by atoms with van der Waals surface area (Å²) >= 11 is 0. The van der Waals surface area contributed by atoms with Gasteiger partial charge >= 0.3 is 5.97 Å². The number of esters is 1. The zero-order valence-electron chi connectivity index (χ0n) is 17.9. The standard InChI is InChI=1S/C25H23N3O3/c1-16-13-20(18(3)27(16)22-12-8-9-19(14-22)25(30)31-4)15-23-17(2)26-28(24(23)29)21-10-6-5-7-11-21/h5-15H,1-4H3/b23-15+. The van der Waals surface area contributed by atoms with Crippen molar-refractivity contribution in [2.45, 2.75) is 20.8 Å². The number of aryl methyl sites for hydroxylation is 1. The number of ether oxygens (including phenoxy) is 1. The third-order valence-corrected chi connectivity index (χ3v) is 5.36. The van der Waals surface area contributed by atoms with Crippen molar-refractivity contribution in [1.82, 2.24) is 4.57 Å². The zero-order valence-corrected chi connectivity index (χ0v) is 17.9. The highest BCUT2D eigenvalue weighted by atomic mass is 16.5. The van der Waals surface area contributed by atoms with Crippen LogP contribution in [0.2, 0.25) is 0 Å². The zero-order chi connectivity index (χ0) is 22.1. The number of benzene rings is 2. The highest BCUT2D eigenvalue weighted by molar-refractivity contribution is 6.32. The van der Waals surface area contributed by atoms with E-state index in [2.05, 4.69) is 9.67 Å². The molecular weight excluding hydrogens is 390 g/mol. The summed E-state index contributed by atoms with van der Waals surface area (Å²) in [5.41, 5.74) is 6.20. The van der Waals surface area contributed by atoms with Crippen LogP contribution in [-0.2, 0) is 9.53 Å². The highest BCUT2D eigenvalue weighted by Gasteiger charge is 2.29. The molecule has 2 heterocycles. The number of para-hydroxylation sites is 1. The molecular formula is C25H23N3O3. The van der Waals surface area contributed by atoms with E-state index >= 15 is 0 Å². The van der Waals surface area contributed by atoms with Gasteiger partial charge in [0.2, 0.25) is 0 Å². The lowest BCUT2D eigenvalue weighted by Gasteiger charge is -2.11. The predicted molar refractivity (Wildman–Crippen MR) is 122 cm³/mol. The van der Waals surface area contributed by atoms with Gasteiger partial charge in [-0.15, -0.1) is 0 Å². The molecule has 1 aliphatic rings. The maximum absolute atomic E-state index is 13.0. The molecule has 0 saturated heterocycles. The summed E-state index contributed by atoms with van der Waals surface area (Å²) in [5.74, 6) is -0.530. The molecule has 1 aromatic heterocycles. The van der Waals surface area contributed by atoms with E-state index in [4.69, 9.17) is 4.74 Å². The van der Waals surface area contributed by atoms with Crippen LogP contribution in [0.15, 0.2) is 71.3 Å². The first-order chi connectivity index (χ1) is 14.9. The first kappa shape index (κ1) is 20.3. The molecule has 2 aromatic carbocycles. The Morgan fingerprint density at radius 1 is 0.968 bits per heavy atom. The van der Waals surface area contributed by atoms with E-state index in [0.29, 0.717) is 16.8 Å². The average Bonchev–Trinajstić information content (AvgIpc) is 3.23. The summed E-state index contributed by atoms with van der Waals surface area (Å²) in [7, 11) is 1.37. The summed E-state index contributed by atoms with van der Waals surface area (Å²) < 4.78 is 6.89. The van der Waals surface area contributed by atoms with Gasteiger partial charge in [0.15, 0.2) is 0 Å². The number of carbonyl (C=O) groups excluding carboxylic acids is 2. The average molecular weight is 413 g/mol. The number of hydrogen-bond donors (Lipinski definition) is 0. The van der Waals surface area contributed by atoms with E-state index in [-0.39, 0.29) is 11.9 Å². The third-order valence-electron chi connectivity index (χ3n) is 5.36. The number of methoxy groups -OCH3 is 1. The molecule has 6 nitrogen and oxygen atoms in total. The Kier molecular flexibility index (Phi) is 5.29. The van der Waals surface area contributed by atoms with Crippen LogP contribution in [0, 0.1) is 13.8 Å². The van der Waals surface area contributed by atoms with Crippen molar-refractivity contribution in [2.24, 2.45) is 5.10 Å². The number of aromatic nitrogens is 1. The fourth-order valence-corrected chi connectivity index (χ4v) is 3.80. The van der Waals surface area contributed by atoms with Crippen LogP contribution < -0.4 is 5.01 Å². The van der Waals surface area contributed by atoms with Gasteiger partial charge in [0, 0.05) is 17.1 Å². The fraction of sp³-hybridized carbons (Fsp3) is 0.160. The van der Waals surface area contributed by atoms with Crippen molar-refractivity contribution in [2.75, 3.05) is 12.1 Å². The van der Waals surface area contributed by atoms with Gasteiger partial charge in [0.05, 0.1) is 29.6 Å². The number of anilines is 1. The minimum Gasteiger partial charge on any atom is -0.465 e. The first-order valence-electron chi connectivity index (χ1n) is 9.95. The Morgan fingerprint density at radius 2 is 1.68 bits per heavy atom. The number of hydrogen-bond acceptors (Lipinski definition) is 4. The summed E-state index contributed by atoms with van der Waals surface area (Å²) in [4.78, 5) is 25.0. The van der Waals surface area contributed by atoms with Crippen LogP contribution in [0.1, 0.15) is 34.2 Å². The molecule has 156 valence electrons. The molecule has 6 heteroatoms. The number of carbonyl (C=O) groups is 2. The second-order valence-corrected chi connectivity index (χ2v) is 7.40. The molecule has 0 N–H and O–H groups in total. The minimum absolute atomic E-state index is 0.152. The molecule has 0 fully saturated rings. The Labute approximate surface area is 181 Å². The number of rotatable bonds is 4. The molecule has 4 rings (SSSR count). The molecule has 0 bridgehead atoms. The van der Waals surface area contributed by atoms with Crippen LogP contribution in [0.25, 0.3) is 11.8 Å². The molecule has 31 heavy (non-hydrogen) atoms.